The number of rotatable bonds is 1. The third-order valence-electron chi connectivity index (χ3n) is 3.34. The molecule has 2 rings (SSSR count). The highest BCUT2D eigenvalue weighted by Gasteiger charge is 2.28. The van der Waals surface area contributed by atoms with Crippen LogP contribution in [0.25, 0.3) is 0 Å². The number of carbonyl (C=O) groups excluding carboxylic acids is 1. The van der Waals surface area contributed by atoms with Crippen LogP contribution >= 0.6 is 0 Å². The zero-order chi connectivity index (χ0) is 15.9. The van der Waals surface area contributed by atoms with Gasteiger partial charge in [-0.05, 0) is 39.2 Å². The van der Waals surface area contributed by atoms with Crippen LogP contribution in [0.3, 0.4) is 0 Å². The summed E-state index contributed by atoms with van der Waals surface area (Å²) in [6.45, 7) is 7.29. The molecule has 1 aromatic rings. The fourth-order valence-electron chi connectivity index (χ4n) is 2.47. The quantitative estimate of drug-likeness (QED) is 0.863. The van der Waals surface area contributed by atoms with Crippen molar-refractivity contribution in [2.45, 2.75) is 45.1 Å². The molecule has 0 aromatic heterocycles. The molecule has 0 saturated carbocycles. The van der Waals surface area contributed by atoms with Gasteiger partial charge < -0.3 is 14.7 Å². The van der Waals surface area contributed by atoms with Gasteiger partial charge in [0.05, 0.1) is 0 Å². The van der Waals surface area contributed by atoms with Gasteiger partial charge in [-0.25, -0.2) is 4.79 Å². The Hall–Kier alpha value is -1.55. The van der Waals surface area contributed by atoms with Gasteiger partial charge in [0.25, 0.3) is 0 Å². The van der Waals surface area contributed by atoms with Crippen LogP contribution in [-0.2, 0) is 4.74 Å². The normalized spacial score (nSPS) is 18.5. The lowest BCUT2D eigenvalue weighted by atomic mass is 9.91. The van der Waals surface area contributed by atoms with Crippen molar-refractivity contribution in [3.63, 3.8) is 0 Å². The molecule has 0 bridgehead atoms. The summed E-state index contributed by atoms with van der Waals surface area (Å²) < 4.78 is 5.45. The van der Waals surface area contributed by atoms with Crippen LogP contribution in [-0.4, -0.2) is 41.9 Å². The molecule has 0 unspecified atom stereocenters. The lowest BCUT2D eigenvalue weighted by Gasteiger charge is -2.34. The smallest absolute Gasteiger partial charge is 0.410 e. The van der Waals surface area contributed by atoms with Crippen molar-refractivity contribution in [1.82, 2.24) is 4.90 Å². The number of piperidine rings is 1. The van der Waals surface area contributed by atoms with E-state index in [2.05, 4.69) is 24.3 Å². The van der Waals surface area contributed by atoms with Gasteiger partial charge >= 0.3 is 6.09 Å². The Morgan fingerprint density at radius 2 is 1.86 bits per heavy atom. The summed E-state index contributed by atoms with van der Waals surface area (Å²) in [4.78, 5) is 13.9. The molecule has 1 saturated heterocycles. The molecule has 1 aromatic carbocycles. The number of hydrogen-bond donors (Lipinski definition) is 1. The summed E-state index contributed by atoms with van der Waals surface area (Å²) in [7, 11) is 1.00. The largest absolute Gasteiger partial charge is 0.444 e. The maximum Gasteiger partial charge on any atom is 0.410 e. The lowest BCUT2D eigenvalue weighted by molar-refractivity contribution is 0.0198. The van der Waals surface area contributed by atoms with E-state index in [1.54, 1.807) is 0 Å². The standard InChI is InChI=1S/C16H23NO2.CH4O/c1-16(2,3)19-15(18)17-11-7-10-14(12-17)13-8-5-4-6-9-13;1-2/h4-6,8-9,14H,7,10-12H2,1-3H3;2H,1H3/t14-;/m0./s1. The van der Waals surface area contributed by atoms with E-state index in [-0.39, 0.29) is 6.09 Å². The second kappa shape index (κ2) is 8.03. The van der Waals surface area contributed by atoms with Gasteiger partial charge in [-0.2, -0.15) is 0 Å². The zero-order valence-electron chi connectivity index (χ0n) is 13.5. The second-order valence-corrected chi connectivity index (χ2v) is 6.18. The Bertz CT molecular complexity index is 425. The van der Waals surface area contributed by atoms with Gasteiger partial charge in [0, 0.05) is 26.1 Å². The minimum absolute atomic E-state index is 0.187. The van der Waals surface area contributed by atoms with Crippen LogP contribution in [0, 0.1) is 0 Å². The van der Waals surface area contributed by atoms with Crippen molar-refractivity contribution in [2.24, 2.45) is 0 Å². The molecular weight excluding hydrogens is 266 g/mol. The van der Waals surface area contributed by atoms with Crippen LogP contribution in [0.2, 0.25) is 0 Å². The summed E-state index contributed by atoms with van der Waals surface area (Å²) in [6.07, 6.45) is 2.00. The summed E-state index contributed by atoms with van der Waals surface area (Å²) in [5, 5.41) is 7.00. The third kappa shape index (κ3) is 5.76. The van der Waals surface area contributed by atoms with Crippen LogP contribution < -0.4 is 0 Å². The zero-order valence-corrected chi connectivity index (χ0v) is 13.5. The Morgan fingerprint density at radius 3 is 2.43 bits per heavy atom. The van der Waals surface area contributed by atoms with Gasteiger partial charge in [0.15, 0.2) is 0 Å². The van der Waals surface area contributed by atoms with E-state index < -0.39 is 5.60 Å². The number of ether oxygens (including phenoxy) is 1. The highest BCUT2D eigenvalue weighted by atomic mass is 16.6. The molecule has 118 valence electrons. The molecule has 1 amide bonds. The van der Waals surface area contributed by atoms with Crippen molar-refractivity contribution in [3.8, 4) is 0 Å². The number of hydrogen-bond acceptors (Lipinski definition) is 3. The molecule has 0 spiro atoms. The number of benzene rings is 1. The molecule has 1 heterocycles. The Kier molecular flexibility index (Phi) is 6.69. The Balaban J connectivity index is 0.00000106. The van der Waals surface area contributed by atoms with Crippen molar-refractivity contribution in [3.05, 3.63) is 35.9 Å². The van der Waals surface area contributed by atoms with E-state index in [1.165, 1.54) is 5.56 Å². The molecular formula is C17H27NO3. The van der Waals surface area contributed by atoms with Crippen molar-refractivity contribution < 1.29 is 14.6 Å². The van der Waals surface area contributed by atoms with Crippen LogP contribution in [0.15, 0.2) is 30.3 Å². The maximum absolute atomic E-state index is 12.1. The van der Waals surface area contributed by atoms with E-state index in [9.17, 15) is 4.79 Å². The molecule has 21 heavy (non-hydrogen) atoms. The average molecular weight is 293 g/mol. The molecule has 0 radical (unpaired) electrons. The predicted molar refractivity (Wildman–Crippen MR) is 84.4 cm³/mol. The van der Waals surface area contributed by atoms with Crippen LogP contribution in [0.5, 0.6) is 0 Å². The molecule has 0 aliphatic carbocycles. The molecule has 1 aliphatic heterocycles. The fraction of sp³-hybridized carbons (Fsp3) is 0.588. The lowest BCUT2D eigenvalue weighted by Crippen LogP contribution is -2.42. The van der Waals surface area contributed by atoms with Gasteiger partial charge in [0.1, 0.15) is 5.60 Å². The van der Waals surface area contributed by atoms with Gasteiger partial charge in [-0.15, -0.1) is 0 Å². The summed E-state index contributed by atoms with van der Waals surface area (Å²) in [6, 6.07) is 10.4. The fourth-order valence-corrected chi connectivity index (χ4v) is 2.47. The summed E-state index contributed by atoms with van der Waals surface area (Å²) >= 11 is 0. The first-order valence-electron chi connectivity index (χ1n) is 7.43. The summed E-state index contributed by atoms with van der Waals surface area (Å²) in [5.41, 5.74) is 0.896. The van der Waals surface area contributed by atoms with E-state index >= 15 is 0 Å². The van der Waals surface area contributed by atoms with E-state index in [4.69, 9.17) is 9.84 Å². The Morgan fingerprint density at radius 1 is 1.24 bits per heavy atom. The first-order valence-corrected chi connectivity index (χ1v) is 7.43. The molecule has 1 fully saturated rings. The first-order chi connectivity index (χ1) is 9.96. The van der Waals surface area contributed by atoms with E-state index in [0.717, 1.165) is 33.0 Å². The minimum atomic E-state index is -0.420. The monoisotopic (exact) mass is 293 g/mol. The molecule has 1 atom stereocenters. The van der Waals surface area contributed by atoms with Gasteiger partial charge in [0.2, 0.25) is 0 Å². The number of aliphatic hydroxyl groups is 1. The van der Waals surface area contributed by atoms with Crippen LogP contribution in [0.1, 0.15) is 45.1 Å². The predicted octanol–water partition coefficient (Wildman–Crippen LogP) is 3.41. The molecule has 4 heteroatoms. The second-order valence-electron chi connectivity index (χ2n) is 6.18. The topological polar surface area (TPSA) is 49.8 Å². The number of likely N-dealkylation sites (tertiary alicyclic amines) is 1. The minimum Gasteiger partial charge on any atom is -0.444 e. The van der Waals surface area contributed by atoms with Crippen molar-refractivity contribution >= 4 is 6.09 Å². The molecule has 1 N–H and O–H groups in total. The van der Waals surface area contributed by atoms with Crippen LogP contribution in [0.4, 0.5) is 4.79 Å². The maximum atomic E-state index is 12.1. The molecule has 1 aliphatic rings. The van der Waals surface area contributed by atoms with Gasteiger partial charge in [-0.1, -0.05) is 30.3 Å². The highest BCUT2D eigenvalue weighted by molar-refractivity contribution is 5.68. The molecule has 4 nitrogen and oxygen atoms in total. The SMILES string of the molecule is CC(C)(C)OC(=O)N1CCC[C@H](c2ccccc2)C1.CO. The Labute approximate surface area is 127 Å². The first kappa shape index (κ1) is 17.5. The number of nitrogens with zero attached hydrogens (tertiary/aromatic N) is 1. The average Bonchev–Trinajstić information content (AvgIpc) is 2.49. The van der Waals surface area contributed by atoms with E-state index in [1.807, 2.05) is 31.7 Å². The highest BCUT2D eigenvalue weighted by Crippen LogP contribution is 2.27. The van der Waals surface area contributed by atoms with Gasteiger partial charge in [-0.3, -0.25) is 0 Å². The number of amides is 1. The van der Waals surface area contributed by atoms with E-state index in [0.29, 0.717) is 5.92 Å². The third-order valence-corrected chi connectivity index (χ3v) is 3.34. The number of carbonyl (C=O) groups is 1. The summed E-state index contributed by atoms with van der Waals surface area (Å²) in [5.74, 6) is 0.433. The number of aliphatic hydroxyl groups excluding tert-OH is 1. The van der Waals surface area contributed by atoms with Crippen molar-refractivity contribution in [1.29, 1.82) is 0 Å². The van der Waals surface area contributed by atoms with Crippen molar-refractivity contribution in [2.75, 3.05) is 20.2 Å².